The summed E-state index contributed by atoms with van der Waals surface area (Å²) >= 11 is 1.30. The predicted octanol–water partition coefficient (Wildman–Crippen LogP) is 3.37. The molecule has 3 N–H and O–H groups in total. The second-order valence-electron chi connectivity index (χ2n) is 12.9. The first-order chi connectivity index (χ1) is 22.9. The minimum absolute atomic E-state index is 0.0608. The van der Waals surface area contributed by atoms with E-state index in [-0.39, 0.29) is 67.9 Å². The van der Waals surface area contributed by atoms with E-state index < -0.39 is 24.0 Å². The van der Waals surface area contributed by atoms with Gasteiger partial charge in [0.05, 0.1) is 31.7 Å². The number of carbonyl (C=O) groups excluding carboxylic acids is 4. The molecule has 4 amide bonds. The number of amides is 4. The normalized spacial score (nSPS) is 19.7. The second-order valence-corrected chi connectivity index (χ2v) is 13.7. The molecule has 0 radical (unpaired) electrons. The third-order valence-electron chi connectivity index (χ3n) is 8.01. The molecule has 1 aromatic carbocycles. The standard InChI is InChI=1S/C34H48N8O5S/c1-7-47-14-13-31(45)41-17-27(22(4)5)37-30(44)19-42-32(35-23(6)40-42)25(16-24-11-9-8-10-12-24)38-33(46)28-20-48-34(39-28)26(15-21(2)3)36-29(43)18-41/h8-12,20-22,25-27H,7,13-19H2,1-6H3,(H,36,43)(H,37,44)(H,38,46)/t25-,26-,27+/m0/s1. The summed E-state index contributed by atoms with van der Waals surface area (Å²) in [7, 11) is 0. The van der Waals surface area contributed by atoms with Crippen molar-refractivity contribution in [3.05, 3.63) is 63.6 Å². The van der Waals surface area contributed by atoms with Crippen LogP contribution in [0.25, 0.3) is 0 Å². The van der Waals surface area contributed by atoms with Crippen molar-refractivity contribution in [3.8, 4) is 0 Å². The Morgan fingerprint density at radius 1 is 1.00 bits per heavy atom. The molecule has 0 unspecified atom stereocenters. The molecular formula is C34H48N8O5S. The van der Waals surface area contributed by atoms with Crippen molar-refractivity contribution in [2.24, 2.45) is 11.8 Å². The fourth-order valence-electron chi connectivity index (χ4n) is 5.56. The first-order valence-electron chi connectivity index (χ1n) is 16.6. The van der Waals surface area contributed by atoms with Crippen LogP contribution in [0.2, 0.25) is 0 Å². The number of nitrogens with zero attached hydrogens (tertiary/aromatic N) is 5. The highest BCUT2D eigenvalue weighted by atomic mass is 32.1. The van der Waals surface area contributed by atoms with Crippen molar-refractivity contribution >= 4 is 35.0 Å². The fraction of sp³-hybridized carbons (Fsp3) is 0.559. The number of rotatable bonds is 9. The third-order valence-corrected chi connectivity index (χ3v) is 8.97. The summed E-state index contributed by atoms with van der Waals surface area (Å²) in [6.07, 6.45) is 1.09. The number of hydrogen-bond donors (Lipinski definition) is 3. The van der Waals surface area contributed by atoms with E-state index in [4.69, 9.17) is 4.74 Å². The van der Waals surface area contributed by atoms with Gasteiger partial charge in [-0.3, -0.25) is 19.2 Å². The van der Waals surface area contributed by atoms with Gasteiger partial charge in [0.25, 0.3) is 5.91 Å². The molecule has 48 heavy (non-hydrogen) atoms. The number of aryl methyl sites for hydroxylation is 1. The first-order valence-corrected chi connectivity index (χ1v) is 17.5. The topological polar surface area (TPSA) is 160 Å². The van der Waals surface area contributed by atoms with Gasteiger partial charge < -0.3 is 25.6 Å². The van der Waals surface area contributed by atoms with Gasteiger partial charge in [0.2, 0.25) is 17.7 Å². The number of carbonyl (C=O) groups is 4. The van der Waals surface area contributed by atoms with Crippen LogP contribution in [0.15, 0.2) is 35.7 Å². The van der Waals surface area contributed by atoms with Gasteiger partial charge in [-0.2, -0.15) is 5.10 Å². The van der Waals surface area contributed by atoms with E-state index in [9.17, 15) is 19.2 Å². The third kappa shape index (κ3) is 10.4. The number of thiazole rings is 1. The van der Waals surface area contributed by atoms with Crippen molar-refractivity contribution in [2.75, 3.05) is 26.3 Å². The van der Waals surface area contributed by atoms with Gasteiger partial charge in [-0.15, -0.1) is 11.3 Å². The van der Waals surface area contributed by atoms with Crippen LogP contribution < -0.4 is 16.0 Å². The molecule has 13 nitrogen and oxygen atoms in total. The highest BCUT2D eigenvalue weighted by molar-refractivity contribution is 7.09. The summed E-state index contributed by atoms with van der Waals surface area (Å²) in [5, 5.41) is 16.0. The van der Waals surface area contributed by atoms with Crippen molar-refractivity contribution in [1.29, 1.82) is 0 Å². The van der Waals surface area contributed by atoms with E-state index in [1.807, 2.05) is 65.0 Å². The predicted molar refractivity (Wildman–Crippen MR) is 182 cm³/mol. The highest BCUT2D eigenvalue weighted by Crippen LogP contribution is 2.26. The monoisotopic (exact) mass is 680 g/mol. The van der Waals surface area contributed by atoms with E-state index in [1.54, 1.807) is 12.3 Å². The Hall–Kier alpha value is -4.17. The van der Waals surface area contributed by atoms with Gasteiger partial charge >= 0.3 is 0 Å². The van der Waals surface area contributed by atoms with Gasteiger partial charge in [0.1, 0.15) is 23.1 Å². The Morgan fingerprint density at radius 3 is 2.42 bits per heavy atom. The first kappa shape index (κ1) is 36.7. The maximum absolute atomic E-state index is 13.7. The molecular weight excluding hydrogens is 632 g/mol. The second kappa shape index (κ2) is 17.3. The lowest BCUT2D eigenvalue weighted by Gasteiger charge is -2.31. The molecule has 3 atom stereocenters. The summed E-state index contributed by atoms with van der Waals surface area (Å²) in [6, 6.07) is 8.16. The number of aromatic nitrogens is 4. The molecule has 14 heteroatoms. The van der Waals surface area contributed by atoms with E-state index in [0.29, 0.717) is 36.1 Å². The van der Waals surface area contributed by atoms with E-state index >= 15 is 0 Å². The molecule has 2 bridgehead atoms. The number of fused-ring (bicyclic) bond motifs is 3. The summed E-state index contributed by atoms with van der Waals surface area (Å²) in [4.78, 5) is 65.0. The molecule has 1 aliphatic rings. The Morgan fingerprint density at radius 2 is 1.73 bits per heavy atom. The smallest absolute Gasteiger partial charge is 0.271 e. The molecule has 2 aromatic heterocycles. The van der Waals surface area contributed by atoms with Gasteiger partial charge in [0.15, 0.2) is 5.82 Å². The van der Waals surface area contributed by atoms with Gasteiger partial charge in [-0.05, 0) is 44.1 Å². The summed E-state index contributed by atoms with van der Waals surface area (Å²) in [5.74, 6) is -0.297. The highest BCUT2D eigenvalue weighted by Gasteiger charge is 2.30. The van der Waals surface area contributed by atoms with E-state index in [1.165, 1.54) is 20.9 Å². The molecule has 0 saturated heterocycles. The van der Waals surface area contributed by atoms with Crippen molar-refractivity contribution in [1.82, 2.24) is 40.6 Å². The number of hydrogen-bond acceptors (Lipinski definition) is 9. The molecule has 3 aromatic rings. The fourth-order valence-corrected chi connectivity index (χ4v) is 6.42. The number of nitrogens with one attached hydrogen (secondary N) is 3. The Bertz CT molecular complexity index is 1540. The van der Waals surface area contributed by atoms with Crippen LogP contribution >= 0.6 is 11.3 Å². The number of benzene rings is 1. The average molecular weight is 681 g/mol. The van der Waals surface area contributed by atoms with Gasteiger partial charge in [-0.25, -0.2) is 14.6 Å². The minimum Gasteiger partial charge on any atom is -0.381 e. The zero-order valence-electron chi connectivity index (χ0n) is 28.7. The maximum Gasteiger partial charge on any atom is 0.271 e. The molecule has 0 spiro atoms. The van der Waals surface area contributed by atoms with Crippen molar-refractivity contribution < 1.29 is 23.9 Å². The van der Waals surface area contributed by atoms with Crippen LogP contribution in [0, 0.1) is 18.8 Å². The van der Waals surface area contributed by atoms with Crippen LogP contribution in [0.1, 0.15) is 92.3 Å². The molecule has 0 aliphatic carbocycles. The van der Waals surface area contributed by atoms with Crippen LogP contribution in [0.4, 0.5) is 0 Å². The maximum atomic E-state index is 13.7. The van der Waals surface area contributed by atoms with E-state index in [0.717, 1.165) is 5.56 Å². The zero-order chi connectivity index (χ0) is 34.8. The van der Waals surface area contributed by atoms with Gasteiger partial charge in [-0.1, -0.05) is 58.0 Å². The van der Waals surface area contributed by atoms with Crippen LogP contribution in [0.3, 0.4) is 0 Å². The average Bonchev–Trinajstić information content (AvgIpc) is 3.66. The Balaban J connectivity index is 1.75. The lowest BCUT2D eigenvalue weighted by molar-refractivity contribution is -0.138. The van der Waals surface area contributed by atoms with Crippen LogP contribution in [0.5, 0.6) is 0 Å². The Kier molecular flexibility index (Phi) is 13.2. The Labute approximate surface area is 286 Å². The molecule has 0 saturated carbocycles. The zero-order valence-corrected chi connectivity index (χ0v) is 29.5. The lowest BCUT2D eigenvalue weighted by Crippen LogP contribution is -2.52. The molecule has 4 rings (SSSR count). The lowest BCUT2D eigenvalue weighted by atomic mass is 10.0. The van der Waals surface area contributed by atoms with Crippen LogP contribution in [-0.2, 0) is 32.1 Å². The SMILES string of the molecule is CCOCCC(=O)N1CC(=O)N[C@@H](CC(C)C)c2nc(cs2)C(=O)N[C@@H](Cc2ccccc2)c2nc(C)nn2CC(=O)N[C@@H](C(C)C)C1. The summed E-state index contributed by atoms with van der Waals surface area (Å²) < 4.78 is 6.94. The minimum atomic E-state index is -0.622. The molecule has 260 valence electrons. The van der Waals surface area contributed by atoms with Crippen molar-refractivity contribution in [3.63, 3.8) is 0 Å². The van der Waals surface area contributed by atoms with Gasteiger partial charge in [0, 0.05) is 24.6 Å². The summed E-state index contributed by atoms with van der Waals surface area (Å²) in [6.45, 7) is 12.1. The number of ether oxygens (including phenoxy) is 1. The molecule has 1 aliphatic heterocycles. The molecule has 0 fully saturated rings. The van der Waals surface area contributed by atoms with Crippen LogP contribution in [-0.4, -0.2) is 80.6 Å². The van der Waals surface area contributed by atoms with Crippen molar-refractivity contribution in [2.45, 2.75) is 85.5 Å². The largest absolute Gasteiger partial charge is 0.381 e. The summed E-state index contributed by atoms with van der Waals surface area (Å²) in [5.41, 5.74) is 1.18. The quantitative estimate of drug-likeness (QED) is 0.290. The van der Waals surface area contributed by atoms with E-state index in [2.05, 4.69) is 31.0 Å². The molecule has 3 heterocycles.